The Bertz CT molecular complexity index is 3940. The van der Waals surface area contributed by atoms with Crippen LogP contribution in [0.5, 0.6) is 0 Å². The zero-order valence-corrected chi connectivity index (χ0v) is 89.8. The fourth-order valence-electron chi connectivity index (χ4n) is 11.1. The summed E-state index contributed by atoms with van der Waals surface area (Å²) in [6.07, 6.45) is 15.3. The molecule has 1 aromatic rings. The Balaban J connectivity index is 0.00000156. The number of aliphatic hydroxyl groups is 8. The van der Waals surface area contributed by atoms with Crippen molar-refractivity contribution in [3.8, 4) is 6.07 Å². The number of carbonyl (C=O) groups is 2. The summed E-state index contributed by atoms with van der Waals surface area (Å²) in [5.74, 6) is -0.620. The van der Waals surface area contributed by atoms with Gasteiger partial charge in [-0.25, -0.2) is 14.4 Å². The minimum Gasteiger partial charge on any atom is -0.779 e. The molecule has 9 rings (SSSR count). The summed E-state index contributed by atoms with van der Waals surface area (Å²) < 4.78 is 137. The molecular weight excluding hydrogens is 2580 g/mol. The van der Waals surface area contributed by atoms with Gasteiger partial charge in [-0.3, -0.25) is 52.4 Å². The normalized spacial score (nSPS) is 30.8. The van der Waals surface area contributed by atoms with Crippen molar-refractivity contribution < 1.29 is 302 Å². The molecule has 50 heteroatoms. The molecule has 0 saturated carbocycles. The largest absolute Gasteiger partial charge is 0.779 e. The van der Waals surface area contributed by atoms with Gasteiger partial charge in [-0.15, -0.1) is 0 Å². The third kappa shape index (κ3) is 44.0. The molecule has 1 aromatic heterocycles. The molecule has 124 heavy (non-hydrogen) atoms. The number of nitrogens with two attached hydrogens (primary N) is 1. The van der Waals surface area contributed by atoms with E-state index in [4.69, 9.17) is 83.7 Å². The van der Waals surface area contributed by atoms with E-state index in [2.05, 4.69) is 43.3 Å². The molecule has 0 bridgehead atoms. The number of hydrogen-bond donors (Lipinski definition) is 13. The number of H-pyrrole nitrogens is 1. The maximum absolute atomic E-state index is 13.2. The molecule has 43 nitrogen and oxygen atoms in total. The zero-order valence-electron chi connectivity index (χ0n) is 71.3. The second-order valence-corrected chi connectivity index (χ2v) is 30.9. The molecule has 0 aromatic carbocycles. The van der Waals surface area contributed by atoms with E-state index in [9.17, 15) is 83.5 Å². The maximum Gasteiger partial charge on any atom is 0.475 e. The fourth-order valence-corrected chi connectivity index (χ4v) is 13.9. The number of allylic oxidation sites excluding steroid dienone is 11. The number of aliphatic imine (C=N–C) groups is 2. The fraction of sp³-hybridized carbons (Fsp3) is 0.608. The van der Waals surface area contributed by atoms with Crippen molar-refractivity contribution in [3.63, 3.8) is 0 Å². The quantitative estimate of drug-likeness (QED) is 0.0132. The minimum atomic E-state index is -4.80. The van der Waals surface area contributed by atoms with Gasteiger partial charge >= 0.3 is 13.5 Å². The Kier molecular flexibility index (Phi) is 64.4. The summed E-state index contributed by atoms with van der Waals surface area (Å²) in [4.78, 5) is 80.1. The number of quaternary nitrogens is 1. The Morgan fingerprint density at radius 3 is 1.79 bits per heavy atom. The van der Waals surface area contributed by atoms with Crippen LogP contribution in [-0.4, -0.2) is 301 Å². The van der Waals surface area contributed by atoms with Gasteiger partial charge in [-0.05, 0) is 71.2 Å². The van der Waals surface area contributed by atoms with E-state index in [1.165, 1.54) is 42.8 Å². The number of nitrogens with zero attached hydrogens (tertiary/aromatic N) is 5. The summed E-state index contributed by atoms with van der Waals surface area (Å²) in [5, 5.41) is 92.3. The zero-order chi connectivity index (χ0) is 89.1. The van der Waals surface area contributed by atoms with E-state index >= 15 is 0 Å². The van der Waals surface area contributed by atoms with Crippen LogP contribution in [0.15, 0.2) is 142 Å². The summed E-state index contributed by atoms with van der Waals surface area (Å²) in [5.41, 5.74) is 4.39. The third-order valence-corrected chi connectivity index (χ3v) is 20.3. The monoisotopic (exact) mass is 2700 g/mol. The molecule has 9 heterocycles. The molecule has 25 atom stereocenters. The number of rotatable bonds is 43. The third-order valence-electron chi connectivity index (χ3n) is 17.2. The molecule has 9 unspecified atom stereocenters. The van der Waals surface area contributed by atoms with Gasteiger partial charge in [0.25, 0.3) is 19.3 Å². The van der Waals surface area contributed by atoms with Crippen molar-refractivity contribution in [2.24, 2.45) is 15.7 Å². The number of hydrogen-bond acceptors (Lipinski definition) is 38. The van der Waals surface area contributed by atoms with Gasteiger partial charge in [0.2, 0.25) is 5.91 Å². The van der Waals surface area contributed by atoms with Gasteiger partial charge in [-0.2, -0.15) is 18.5 Å². The van der Waals surface area contributed by atoms with E-state index in [0.29, 0.717) is 32.4 Å². The molecule has 8 aliphatic heterocycles. The van der Waals surface area contributed by atoms with Crippen LogP contribution in [0.25, 0.3) is 0 Å². The number of carbonyl (C=O) groups excluding carboxylic acids is 2. The number of aromatic amines is 1. The maximum atomic E-state index is 13.2. The van der Waals surface area contributed by atoms with Crippen LogP contribution >= 0.6 is 23.2 Å². The number of aromatic nitrogens is 2. The molecule has 2 radical (unpaired) electrons. The average molecular weight is 2700 g/mol. The van der Waals surface area contributed by atoms with Crippen LogP contribution in [-0.2, 0) is 97.8 Å². The number of unbranched alkanes of at least 4 members (excludes halogenated alkanes) is 1. The number of ether oxygens (including phenoxy) is 10. The second-order valence-electron chi connectivity index (χ2n) is 26.1. The van der Waals surface area contributed by atoms with Gasteiger partial charge in [0, 0.05) is 189 Å². The van der Waals surface area contributed by atoms with Crippen LogP contribution in [0.1, 0.15) is 68.3 Å². The van der Waals surface area contributed by atoms with Crippen molar-refractivity contribution in [2.75, 3.05) is 106 Å². The van der Waals surface area contributed by atoms with Gasteiger partial charge in [0.15, 0.2) is 30.6 Å². The predicted octanol–water partition coefficient (Wildman–Crippen LogP) is -0.262. The first-order valence-corrected chi connectivity index (χ1v) is 42.6. The molecular formula is C74H116Ac2N10O33P3U2-3. The topological polar surface area (TPSA) is 634 Å². The number of nitriles is 1. The van der Waals surface area contributed by atoms with E-state index in [1.54, 1.807) is 42.5 Å². The molecule has 17 N–H and O–H groups in total. The summed E-state index contributed by atoms with van der Waals surface area (Å²) in [7, 11) is -12.7. The molecule has 6 saturated heterocycles. The molecule has 0 spiro atoms. The number of amides is 2. The Morgan fingerprint density at radius 2 is 1.27 bits per heavy atom. The molecule has 692 valence electrons. The van der Waals surface area contributed by atoms with E-state index in [0.717, 1.165) is 11.2 Å². The summed E-state index contributed by atoms with van der Waals surface area (Å²) >= 11 is 0. The van der Waals surface area contributed by atoms with E-state index in [-0.39, 0.29) is 240 Å². The standard InChI is InChI=1S/C19H29NO9P.C16H23N5O5.C16H26O9P.C15H20N2O6.C8H16NO4P.2Ac.H3N.2U/c1-2-3-4-5-9-24-18-13-26-16(12-21)19(18)29-30(23,27-10-6-8-20)28-14-17-15(22)7-11-25-17;1-2-3-4-5-6-25-7-9-11(22)12(23)15(26-9)21-8-18-10-13(21)19-16(17)20-14(10)24;1-2-3-4-5-7-21-15-10-23-13(9-17)16(15)25-26(19,20)24-11-14-12(18)6-8-22-14;1-2-3-4-5-8-22-13-12(20)10(9-18)23-14(13)17-7-6-11(19)16-15(17)21;1-3-8(10)9-6-4-5-7-13-14(2,11)12;;;;;/h2-5,13,15-19,21-22H,6-7,9-12,14H2,1H3;2-4,8-13,15,22-23H,1,5-7H2,(H3,17,19,20,24);2-5,10,12-18H,6-9,11H2,1H3,(H,19,20);2-7,10,12-14,18,20H,8-9H2,1H3,(H,16,19,21);3H,1,4-7H2,2H3,(H,9,10)(H,11,12);;;1H3;;/q-1;;-1;;;;;;;/p-1/b3-2+,5-4+;4-3+;2*3-2+,5-4+;;;;;;/t15-,16-,17-,18?,19+,30?;9-,10?,11+,12?,13?,15-;12-,13-,14-,15?,16+;10-,12+,13?,14-;;;;;;/m1111....../s1/i11T;;8T;;;;;;;/t11-,15+,16+,17+,18?,19-,30?;;8-,12+,13+,14+,15?,16-;;;;;;;/m0.0........ The Morgan fingerprint density at radius 1 is 0.718 bits per heavy atom. The first-order valence-electron chi connectivity index (χ1n) is 38.9. The Hall–Kier alpha value is -1.69. The van der Waals surface area contributed by atoms with E-state index < -0.39 is 196 Å². The van der Waals surface area contributed by atoms with Gasteiger partial charge in [0.1, 0.15) is 56.4 Å². The minimum absolute atomic E-state index is 0. The van der Waals surface area contributed by atoms with Crippen molar-refractivity contribution in [3.05, 3.63) is 157 Å². The van der Waals surface area contributed by atoms with Crippen LogP contribution in [0.3, 0.4) is 0 Å². The van der Waals surface area contributed by atoms with Crippen LogP contribution < -0.4 is 43.6 Å². The van der Waals surface area contributed by atoms with Crippen molar-refractivity contribution in [1.29, 1.82) is 5.26 Å². The number of phosphoric ester groups is 2. The van der Waals surface area contributed by atoms with Crippen LogP contribution in [0.2, 0.25) is 0 Å². The number of phosphoric acid groups is 2. The molecule has 8 aliphatic rings. The van der Waals surface area contributed by atoms with Crippen molar-refractivity contribution in [2.45, 2.75) is 182 Å². The van der Waals surface area contributed by atoms with Gasteiger partial charge in [-0.1, -0.05) is 104 Å². The van der Waals surface area contributed by atoms with Gasteiger partial charge in [0.05, 0.1) is 137 Å². The first kappa shape index (κ1) is 118. The first-order chi connectivity index (χ1) is 57.8. The second kappa shape index (κ2) is 67.5. The Labute approximate surface area is 842 Å². The van der Waals surface area contributed by atoms with Crippen molar-refractivity contribution in [1.82, 2.24) is 31.2 Å². The summed E-state index contributed by atoms with van der Waals surface area (Å²) in [6, 6.07) is 2.27. The number of fused-ring (bicyclic) bond motifs is 1. The van der Waals surface area contributed by atoms with Crippen LogP contribution in [0, 0.1) is 175 Å². The summed E-state index contributed by atoms with van der Waals surface area (Å²) in [6.45, 7) is 13.8. The van der Waals surface area contributed by atoms with Crippen LogP contribution in [0.4, 0.5) is 0 Å². The van der Waals surface area contributed by atoms with Crippen molar-refractivity contribution >= 4 is 47.4 Å². The smallest absolute Gasteiger partial charge is 0.475 e. The number of nitrogens with one attached hydrogen (secondary N) is 3. The number of guanidine groups is 1. The SMILES string of the molecule is C/C=C/C=C/COC1[C@@H](O)[C@@H](CO)O[C@H]1n1ccc(=O)[nH]c1=O.C=C/C=C/CCOC[C@H]1O[C@@H](N2C=NC3C(=O)NC(N)=NC32)C(O)[C@H]1O.C=CC(=O)NCCCCOP(C)(=O)[O-].[3H][C@H]1C[C@@H](O)[C@@H](COP(=O)(OCCC#N)O[C@@H]2C(OC/C=C/C=C/C)[CH-]O[C@@H]2CO)O1.[3H][C@H]1C[C@@H](O)[C@@H](COP(=O)([O-])O[C@@H]2C(OC/C=C/C=C/C)[CH-]O[C@@H]2CO)O1.[Ac].[Ac].[NH4+].[U].[U]. The number of aliphatic hydroxyl groups excluding tert-OH is 8. The molecule has 2 amide bonds. The molecule has 0 aliphatic carbocycles. The predicted molar refractivity (Wildman–Crippen MR) is 427 cm³/mol. The van der Waals surface area contributed by atoms with Gasteiger partial charge < -0.3 is 138 Å². The van der Waals surface area contributed by atoms with E-state index in [1.807, 2.05) is 75.4 Å². The average Bonchev–Trinajstić information content (AvgIpc) is 1.60. The molecule has 6 fully saturated rings.